The number of methoxy groups -OCH3 is 2. The van der Waals surface area contributed by atoms with Crippen molar-refractivity contribution >= 4 is 17.4 Å². The van der Waals surface area contributed by atoms with Crippen LogP contribution in [-0.4, -0.2) is 39.7 Å². The molecular formula is C24H24FN5O3. The quantitative estimate of drug-likeness (QED) is 0.456. The number of aryl methyl sites for hydroxylation is 2. The molecule has 0 aliphatic rings. The standard InChI is InChI=1S/C24H24FN5O3/c1-14-21(9-10-22(31)27-18-7-5-17(25)6-8-18)15(2)30-24(26-14)28-23(29-30)16-11-19(32-3)13-20(12-16)33-4/h5-8,11-13H,9-10H2,1-4H3,(H,27,31). The number of carbonyl (C=O) groups is 1. The van der Waals surface area contributed by atoms with Gasteiger partial charge < -0.3 is 14.8 Å². The maximum Gasteiger partial charge on any atom is 0.253 e. The predicted octanol–water partition coefficient (Wildman–Crippen LogP) is 4.14. The van der Waals surface area contributed by atoms with Crippen LogP contribution in [0.3, 0.4) is 0 Å². The fourth-order valence-electron chi connectivity index (χ4n) is 3.62. The summed E-state index contributed by atoms with van der Waals surface area (Å²) in [5, 5.41) is 7.41. The van der Waals surface area contributed by atoms with Gasteiger partial charge in [0.25, 0.3) is 5.78 Å². The largest absolute Gasteiger partial charge is 0.497 e. The Morgan fingerprint density at radius 1 is 1.03 bits per heavy atom. The third kappa shape index (κ3) is 4.77. The van der Waals surface area contributed by atoms with Crippen molar-refractivity contribution in [1.82, 2.24) is 19.6 Å². The van der Waals surface area contributed by atoms with E-state index in [2.05, 4.69) is 20.4 Å². The summed E-state index contributed by atoms with van der Waals surface area (Å²) >= 11 is 0. The van der Waals surface area contributed by atoms with E-state index in [1.54, 1.807) is 24.8 Å². The second-order valence-corrected chi connectivity index (χ2v) is 7.56. The van der Waals surface area contributed by atoms with Gasteiger partial charge in [0.15, 0.2) is 5.82 Å². The number of amides is 1. The normalized spacial score (nSPS) is 10.9. The highest BCUT2D eigenvalue weighted by molar-refractivity contribution is 5.90. The van der Waals surface area contributed by atoms with Crippen LogP contribution in [0.4, 0.5) is 10.1 Å². The molecule has 0 saturated heterocycles. The van der Waals surface area contributed by atoms with Crippen molar-refractivity contribution in [1.29, 1.82) is 0 Å². The molecule has 0 fully saturated rings. The molecule has 0 spiro atoms. The molecule has 4 rings (SSSR count). The zero-order chi connectivity index (χ0) is 23.5. The van der Waals surface area contributed by atoms with E-state index in [4.69, 9.17) is 9.47 Å². The Labute approximate surface area is 190 Å². The van der Waals surface area contributed by atoms with Crippen molar-refractivity contribution in [2.45, 2.75) is 26.7 Å². The van der Waals surface area contributed by atoms with Crippen LogP contribution in [0.1, 0.15) is 23.4 Å². The smallest absolute Gasteiger partial charge is 0.253 e. The summed E-state index contributed by atoms with van der Waals surface area (Å²) in [5.74, 6) is 1.73. The molecule has 0 unspecified atom stereocenters. The Morgan fingerprint density at radius 3 is 2.33 bits per heavy atom. The van der Waals surface area contributed by atoms with Gasteiger partial charge in [-0.3, -0.25) is 4.79 Å². The van der Waals surface area contributed by atoms with Crippen molar-refractivity contribution in [2.24, 2.45) is 0 Å². The maximum atomic E-state index is 13.1. The van der Waals surface area contributed by atoms with Crippen molar-refractivity contribution < 1.29 is 18.7 Å². The second kappa shape index (κ2) is 9.23. The van der Waals surface area contributed by atoms with Crippen LogP contribution in [-0.2, 0) is 11.2 Å². The van der Waals surface area contributed by atoms with E-state index in [1.807, 2.05) is 26.0 Å². The molecule has 2 aromatic carbocycles. The first-order valence-corrected chi connectivity index (χ1v) is 10.4. The molecule has 0 bridgehead atoms. The number of benzene rings is 2. The number of carbonyl (C=O) groups excluding carboxylic acids is 1. The Balaban J connectivity index is 1.58. The van der Waals surface area contributed by atoms with Gasteiger partial charge in [0, 0.05) is 35.1 Å². The molecule has 1 N–H and O–H groups in total. The number of fused-ring (bicyclic) bond motifs is 1. The van der Waals surface area contributed by atoms with Gasteiger partial charge in [-0.15, -0.1) is 5.10 Å². The minimum Gasteiger partial charge on any atom is -0.497 e. The van der Waals surface area contributed by atoms with Crippen LogP contribution in [0.5, 0.6) is 11.5 Å². The lowest BCUT2D eigenvalue weighted by molar-refractivity contribution is -0.116. The molecule has 0 saturated carbocycles. The number of nitrogens with zero attached hydrogens (tertiary/aromatic N) is 4. The lowest BCUT2D eigenvalue weighted by atomic mass is 10.1. The van der Waals surface area contributed by atoms with E-state index in [0.29, 0.717) is 35.2 Å². The highest BCUT2D eigenvalue weighted by atomic mass is 19.1. The Bertz CT molecular complexity index is 1300. The number of hydrogen-bond donors (Lipinski definition) is 1. The number of aromatic nitrogens is 4. The lowest BCUT2D eigenvalue weighted by Gasteiger charge is -2.10. The zero-order valence-corrected chi connectivity index (χ0v) is 18.8. The van der Waals surface area contributed by atoms with E-state index in [1.165, 1.54) is 24.3 Å². The molecule has 4 aromatic rings. The molecule has 33 heavy (non-hydrogen) atoms. The summed E-state index contributed by atoms with van der Waals surface area (Å²) in [4.78, 5) is 21.6. The van der Waals surface area contributed by atoms with E-state index < -0.39 is 0 Å². The average molecular weight is 449 g/mol. The Kier molecular flexibility index (Phi) is 6.21. The van der Waals surface area contributed by atoms with Crippen molar-refractivity contribution in [2.75, 3.05) is 19.5 Å². The second-order valence-electron chi connectivity index (χ2n) is 7.56. The zero-order valence-electron chi connectivity index (χ0n) is 18.8. The van der Waals surface area contributed by atoms with Gasteiger partial charge >= 0.3 is 0 Å². The monoisotopic (exact) mass is 449 g/mol. The number of ether oxygens (including phenoxy) is 2. The Hall–Kier alpha value is -4.01. The van der Waals surface area contributed by atoms with Crippen LogP contribution in [0.25, 0.3) is 17.2 Å². The Morgan fingerprint density at radius 2 is 1.70 bits per heavy atom. The summed E-state index contributed by atoms with van der Waals surface area (Å²) in [6, 6.07) is 11.1. The van der Waals surface area contributed by atoms with Gasteiger partial charge in [0.1, 0.15) is 17.3 Å². The highest BCUT2D eigenvalue weighted by Gasteiger charge is 2.16. The van der Waals surface area contributed by atoms with Gasteiger partial charge in [-0.1, -0.05) is 0 Å². The molecule has 0 atom stereocenters. The van der Waals surface area contributed by atoms with E-state index in [0.717, 1.165) is 22.5 Å². The first-order valence-electron chi connectivity index (χ1n) is 10.4. The highest BCUT2D eigenvalue weighted by Crippen LogP contribution is 2.28. The van der Waals surface area contributed by atoms with Gasteiger partial charge in [-0.2, -0.15) is 4.98 Å². The first kappa shape index (κ1) is 22.2. The summed E-state index contributed by atoms with van der Waals surface area (Å²) in [7, 11) is 3.17. The van der Waals surface area contributed by atoms with Crippen LogP contribution in [0.15, 0.2) is 42.5 Å². The van der Waals surface area contributed by atoms with Gasteiger partial charge in [-0.05, 0) is 62.2 Å². The molecule has 2 aromatic heterocycles. The third-order valence-electron chi connectivity index (χ3n) is 5.39. The van der Waals surface area contributed by atoms with Crippen molar-refractivity contribution in [3.05, 3.63) is 65.2 Å². The van der Waals surface area contributed by atoms with Gasteiger partial charge in [0.05, 0.1) is 14.2 Å². The van der Waals surface area contributed by atoms with Crippen LogP contribution in [0, 0.1) is 19.7 Å². The lowest BCUT2D eigenvalue weighted by Crippen LogP contribution is -2.14. The van der Waals surface area contributed by atoms with Crippen molar-refractivity contribution in [3.8, 4) is 22.9 Å². The summed E-state index contributed by atoms with van der Waals surface area (Å²) in [5.41, 5.74) is 3.88. The third-order valence-corrected chi connectivity index (χ3v) is 5.39. The van der Waals surface area contributed by atoms with Crippen LogP contribution in [0.2, 0.25) is 0 Å². The van der Waals surface area contributed by atoms with E-state index in [-0.39, 0.29) is 18.1 Å². The molecule has 0 radical (unpaired) electrons. The van der Waals surface area contributed by atoms with Gasteiger partial charge in [0.2, 0.25) is 5.91 Å². The van der Waals surface area contributed by atoms with Crippen LogP contribution >= 0.6 is 0 Å². The summed E-state index contributed by atoms with van der Waals surface area (Å²) in [6.07, 6.45) is 0.733. The van der Waals surface area contributed by atoms with Crippen molar-refractivity contribution in [3.63, 3.8) is 0 Å². The molecule has 0 aliphatic heterocycles. The molecular weight excluding hydrogens is 425 g/mol. The summed E-state index contributed by atoms with van der Waals surface area (Å²) < 4.78 is 25.4. The molecule has 1 amide bonds. The SMILES string of the molecule is COc1cc(OC)cc(-c2nc3nc(C)c(CCC(=O)Nc4ccc(F)cc4)c(C)n3n2)c1. The molecule has 8 nitrogen and oxygen atoms in total. The molecule has 9 heteroatoms. The number of nitrogens with one attached hydrogen (secondary N) is 1. The maximum absolute atomic E-state index is 13.1. The van der Waals surface area contributed by atoms with Crippen LogP contribution < -0.4 is 14.8 Å². The summed E-state index contributed by atoms with van der Waals surface area (Å²) in [6.45, 7) is 3.82. The fourth-order valence-corrected chi connectivity index (χ4v) is 3.62. The average Bonchev–Trinajstić information content (AvgIpc) is 3.24. The molecule has 2 heterocycles. The van der Waals surface area contributed by atoms with Gasteiger partial charge in [-0.25, -0.2) is 13.9 Å². The van der Waals surface area contributed by atoms with E-state index >= 15 is 0 Å². The number of anilines is 1. The minimum atomic E-state index is -0.349. The first-order chi connectivity index (χ1) is 15.9. The molecule has 0 aliphatic carbocycles. The topological polar surface area (TPSA) is 90.6 Å². The number of hydrogen-bond acceptors (Lipinski definition) is 6. The number of rotatable bonds is 7. The minimum absolute atomic E-state index is 0.164. The fraction of sp³-hybridized carbons (Fsp3) is 0.250. The molecule has 170 valence electrons. The predicted molar refractivity (Wildman–Crippen MR) is 122 cm³/mol. The number of halogens is 1. The van der Waals surface area contributed by atoms with E-state index in [9.17, 15) is 9.18 Å².